The van der Waals surface area contributed by atoms with Crippen LogP contribution in [0.25, 0.3) is 0 Å². The molecule has 2 aliphatic rings. The number of fused-ring (bicyclic) bond motifs is 1. The first-order valence-electron chi connectivity index (χ1n) is 7.14. The van der Waals surface area contributed by atoms with Crippen LogP contribution in [0.5, 0.6) is 5.75 Å². The quantitative estimate of drug-likeness (QED) is 0.821. The van der Waals surface area contributed by atoms with Crippen molar-refractivity contribution >= 4 is 29.0 Å². The maximum absolute atomic E-state index is 11.4. The van der Waals surface area contributed by atoms with E-state index in [2.05, 4.69) is 12.2 Å². The van der Waals surface area contributed by atoms with Gasteiger partial charge in [-0.05, 0) is 24.8 Å². The SMILES string of the molecule is CC1CCCC(Sc2cc3c(cc2N)OCC(=O)N3)C1. The largest absolute Gasteiger partial charge is 0.482 e. The van der Waals surface area contributed by atoms with Crippen LogP contribution in [-0.2, 0) is 4.79 Å². The topological polar surface area (TPSA) is 64.3 Å². The lowest BCUT2D eigenvalue weighted by Gasteiger charge is -2.27. The van der Waals surface area contributed by atoms with E-state index in [1.165, 1.54) is 25.7 Å². The number of carbonyl (C=O) groups excluding carboxylic acids is 1. The molecule has 1 saturated carbocycles. The average molecular weight is 292 g/mol. The number of nitrogens with two attached hydrogens (primary N) is 1. The van der Waals surface area contributed by atoms with Crippen molar-refractivity contribution in [3.05, 3.63) is 12.1 Å². The van der Waals surface area contributed by atoms with E-state index in [0.717, 1.165) is 22.2 Å². The average Bonchev–Trinajstić information content (AvgIpc) is 2.40. The number of hydrogen-bond acceptors (Lipinski definition) is 4. The summed E-state index contributed by atoms with van der Waals surface area (Å²) in [7, 11) is 0. The van der Waals surface area contributed by atoms with E-state index in [1.807, 2.05) is 23.9 Å². The second-order valence-corrected chi connectivity index (χ2v) is 7.08. The summed E-state index contributed by atoms with van der Waals surface area (Å²) in [6.07, 6.45) is 5.11. The monoisotopic (exact) mass is 292 g/mol. The Morgan fingerprint density at radius 3 is 3.05 bits per heavy atom. The predicted octanol–water partition coefficient (Wildman–Crippen LogP) is 3.27. The second kappa shape index (κ2) is 5.56. The number of anilines is 2. The molecule has 0 bridgehead atoms. The molecule has 1 aliphatic carbocycles. The number of carbonyl (C=O) groups is 1. The molecule has 0 saturated heterocycles. The highest BCUT2D eigenvalue weighted by Gasteiger charge is 2.23. The molecule has 1 amide bonds. The zero-order chi connectivity index (χ0) is 14.1. The number of thioether (sulfide) groups is 1. The van der Waals surface area contributed by atoms with E-state index < -0.39 is 0 Å². The number of benzene rings is 1. The highest BCUT2D eigenvalue weighted by Crippen LogP contribution is 2.42. The van der Waals surface area contributed by atoms with Gasteiger partial charge >= 0.3 is 0 Å². The molecule has 2 atom stereocenters. The van der Waals surface area contributed by atoms with Crippen LogP contribution in [0.3, 0.4) is 0 Å². The van der Waals surface area contributed by atoms with Crippen molar-refractivity contribution in [1.82, 2.24) is 0 Å². The van der Waals surface area contributed by atoms with Crippen molar-refractivity contribution in [2.45, 2.75) is 42.8 Å². The lowest BCUT2D eigenvalue weighted by atomic mass is 9.91. The van der Waals surface area contributed by atoms with E-state index in [0.29, 0.717) is 11.0 Å². The zero-order valence-corrected chi connectivity index (χ0v) is 12.5. The Morgan fingerprint density at radius 1 is 1.40 bits per heavy atom. The minimum atomic E-state index is -0.107. The Bertz CT molecular complexity index is 533. The Balaban J connectivity index is 1.79. The summed E-state index contributed by atoms with van der Waals surface area (Å²) in [5, 5.41) is 3.47. The predicted molar refractivity (Wildman–Crippen MR) is 82.3 cm³/mol. The molecule has 1 fully saturated rings. The van der Waals surface area contributed by atoms with E-state index in [1.54, 1.807) is 0 Å². The van der Waals surface area contributed by atoms with Crippen molar-refractivity contribution in [2.75, 3.05) is 17.7 Å². The second-order valence-electron chi connectivity index (χ2n) is 5.73. The van der Waals surface area contributed by atoms with Crippen LogP contribution in [0.4, 0.5) is 11.4 Å². The smallest absolute Gasteiger partial charge is 0.262 e. The fourth-order valence-corrected chi connectivity index (χ4v) is 4.34. The van der Waals surface area contributed by atoms with E-state index >= 15 is 0 Å². The summed E-state index contributed by atoms with van der Waals surface area (Å²) in [5.74, 6) is 1.36. The lowest BCUT2D eigenvalue weighted by Crippen LogP contribution is -2.25. The van der Waals surface area contributed by atoms with Gasteiger partial charge in [-0.2, -0.15) is 0 Å². The summed E-state index contributed by atoms with van der Waals surface area (Å²) in [4.78, 5) is 12.4. The van der Waals surface area contributed by atoms with E-state index in [4.69, 9.17) is 10.5 Å². The van der Waals surface area contributed by atoms with Gasteiger partial charge in [-0.15, -0.1) is 11.8 Å². The third-order valence-electron chi connectivity index (χ3n) is 3.93. The summed E-state index contributed by atoms with van der Waals surface area (Å²) < 4.78 is 5.38. The summed E-state index contributed by atoms with van der Waals surface area (Å²) in [5.41, 5.74) is 7.59. The van der Waals surface area contributed by atoms with Crippen LogP contribution in [0.15, 0.2) is 17.0 Å². The first kappa shape index (κ1) is 13.6. The molecule has 1 aliphatic heterocycles. The van der Waals surface area contributed by atoms with Gasteiger partial charge in [0, 0.05) is 21.9 Å². The van der Waals surface area contributed by atoms with Crippen LogP contribution >= 0.6 is 11.8 Å². The number of amides is 1. The highest BCUT2D eigenvalue weighted by atomic mass is 32.2. The van der Waals surface area contributed by atoms with Gasteiger partial charge < -0.3 is 15.8 Å². The van der Waals surface area contributed by atoms with Crippen LogP contribution in [0, 0.1) is 5.92 Å². The standard InChI is InChI=1S/C15H20N2O2S/c1-9-3-2-4-10(5-9)20-14-7-12-13(6-11(14)16)19-8-15(18)17-12/h6-7,9-10H,2-5,8,16H2,1H3,(H,17,18). The van der Waals surface area contributed by atoms with E-state index in [9.17, 15) is 4.79 Å². The normalized spacial score (nSPS) is 25.6. The maximum Gasteiger partial charge on any atom is 0.262 e. The molecule has 0 spiro atoms. The molecular weight excluding hydrogens is 272 g/mol. The Morgan fingerprint density at radius 2 is 2.25 bits per heavy atom. The molecule has 3 N–H and O–H groups in total. The summed E-state index contributed by atoms with van der Waals surface area (Å²) >= 11 is 1.84. The molecule has 1 heterocycles. The molecule has 2 unspecified atom stereocenters. The van der Waals surface area contributed by atoms with Crippen LogP contribution in [0.2, 0.25) is 0 Å². The van der Waals surface area contributed by atoms with Crippen molar-refractivity contribution in [2.24, 2.45) is 5.92 Å². The molecule has 3 rings (SSSR count). The van der Waals surface area contributed by atoms with Gasteiger partial charge in [0.15, 0.2) is 6.61 Å². The van der Waals surface area contributed by atoms with Gasteiger partial charge in [0.25, 0.3) is 5.91 Å². The number of ether oxygens (including phenoxy) is 1. The van der Waals surface area contributed by atoms with Gasteiger partial charge in [0.05, 0.1) is 5.69 Å². The van der Waals surface area contributed by atoms with Crippen molar-refractivity contribution in [1.29, 1.82) is 0 Å². The first-order chi connectivity index (χ1) is 9.61. The maximum atomic E-state index is 11.4. The van der Waals surface area contributed by atoms with Crippen molar-refractivity contribution in [3.8, 4) is 5.75 Å². The third kappa shape index (κ3) is 2.87. The molecular formula is C15H20N2O2S. The Kier molecular flexibility index (Phi) is 3.78. The fourth-order valence-electron chi connectivity index (χ4n) is 2.89. The summed E-state index contributed by atoms with van der Waals surface area (Å²) in [6.45, 7) is 2.38. The molecule has 1 aromatic carbocycles. The first-order valence-corrected chi connectivity index (χ1v) is 8.02. The lowest BCUT2D eigenvalue weighted by molar-refractivity contribution is -0.118. The number of nitrogen functional groups attached to an aromatic ring is 1. The van der Waals surface area contributed by atoms with Crippen LogP contribution in [0.1, 0.15) is 32.6 Å². The van der Waals surface area contributed by atoms with Gasteiger partial charge in [0.1, 0.15) is 5.75 Å². The molecule has 5 heteroatoms. The summed E-state index contributed by atoms with van der Waals surface area (Å²) in [6, 6.07) is 3.77. The van der Waals surface area contributed by atoms with Crippen LogP contribution in [-0.4, -0.2) is 17.8 Å². The highest BCUT2D eigenvalue weighted by molar-refractivity contribution is 8.00. The fraction of sp³-hybridized carbons (Fsp3) is 0.533. The molecule has 4 nitrogen and oxygen atoms in total. The Hall–Kier alpha value is -1.36. The molecule has 0 aromatic heterocycles. The van der Waals surface area contributed by atoms with Crippen molar-refractivity contribution < 1.29 is 9.53 Å². The third-order valence-corrected chi connectivity index (χ3v) is 5.30. The molecule has 1 aromatic rings. The number of nitrogens with one attached hydrogen (secondary N) is 1. The minimum Gasteiger partial charge on any atom is -0.482 e. The number of hydrogen-bond donors (Lipinski definition) is 2. The zero-order valence-electron chi connectivity index (χ0n) is 11.6. The number of rotatable bonds is 2. The Labute approximate surface area is 123 Å². The molecule has 0 radical (unpaired) electrons. The molecule has 20 heavy (non-hydrogen) atoms. The van der Waals surface area contributed by atoms with Gasteiger partial charge in [0.2, 0.25) is 0 Å². The van der Waals surface area contributed by atoms with Gasteiger partial charge in [-0.3, -0.25) is 4.79 Å². The van der Waals surface area contributed by atoms with Crippen LogP contribution < -0.4 is 15.8 Å². The molecule has 108 valence electrons. The van der Waals surface area contributed by atoms with Gasteiger partial charge in [-0.25, -0.2) is 0 Å². The van der Waals surface area contributed by atoms with E-state index in [-0.39, 0.29) is 12.5 Å². The minimum absolute atomic E-state index is 0.0685. The van der Waals surface area contributed by atoms with Crippen molar-refractivity contribution in [3.63, 3.8) is 0 Å². The van der Waals surface area contributed by atoms with Gasteiger partial charge in [-0.1, -0.05) is 19.8 Å².